The van der Waals surface area contributed by atoms with Gasteiger partial charge in [0.15, 0.2) is 0 Å². The maximum Gasteiger partial charge on any atom is 0.267 e. The molecule has 2 atom stereocenters. The van der Waals surface area contributed by atoms with E-state index in [1.165, 1.54) is 71.1 Å². The Hall–Kier alpha value is -0.130. The van der Waals surface area contributed by atoms with Gasteiger partial charge in [-0.25, -0.2) is 0 Å². The Balaban J connectivity index is 3.33. The van der Waals surface area contributed by atoms with Crippen LogP contribution in [0.1, 0.15) is 110 Å². The number of hydrogen-bond donors (Lipinski definition) is 2. The van der Waals surface area contributed by atoms with Gasteiger partial charge in [-0.15, -0.1) is 0 Å². The highest BCUT2D eigenvalue weighted by Gasteiger charge is 2.17. The summed E-state index contributed by atoms with van der Waals surface area (Å²) >= 11 is 0. The molecule has 0 heterocycles. The van der Waals surface area contributed by atoms with E-state index in [1.54, 1.807) is 0 Å². The molecule has 0 amide bonds. The van der Waals surface area contributed by atoms with Crippen molar-refractivity contribution in [2.75, 3.05) is 0 Å². The third kappa shape index (κ3) is 15.4. The van der Waals surface area contributed by atoms with E-state index >= 15 is 0 Å². The Bertz CT molecular complexity index is 368. The Morgan fingerprint density at radius 1 is 0.708 bits per heavy atom. The molecule has 0 aliphatic carbocycles. The predicted molar refractivity (Wildman–Crippen MR) is 102 cm³/mol. The molecule has 5 heteroatoms. The minimum absolute atomic E-state index is 0.336. The van der Waals surface area contributed by atoms with Crippen molar-refractivity contribution >= 4 is 10.1 Å². The van der Waals surface area contributed by atoms with E-state index in [1.807, 2.05) is 0 Å². The van der Waals surface area contributed by atoms with Crippen molar-refractivity contribution in [2.24, 2.45) is 0 Å². The molecule has 0 radical (unpaired) electrons. The van der Waals surface area contributed by atoms with Crippen molar-refractivity contribution in [3.8, 4) is 0 Å². The van der Waals surface area contributed by atoms with Crippen molar-refractivity contribution in [1.82, 2.24) is 0 Å². The number of aliphatic hydroxyl groups is 1. The minimum Gasteiger partial charge on any atom is -0.393 e. The molecule has 0 saturated carbocycles. The number of aliphatic hydroxyl groups excluding tert-OH is 1. The molecule has 4 nitrogen and oxygen atoms in total. The van der Waals surface area contributed by atoms with E-state index in [9.17, 15) is 13.5 Å². The third-order valence-electron chi connectivity index (χ3n) is 4.80. The average molecular weight is 365 g/mol. The Labute approximate surface area is 150 Å². The van der Waals surface area contributed by atoms with E-state index in [0.29, 0.717) is 19.3 Å². The van der Waals surface area contributed by atoms with Crippen LogP contribution >= 0.6 is 0 Å². The molecular weight excluding hydrogens is 324 g/mol. The second-order valence-corrected chi connectivity index (χ2v) is 9.07. The van der Waals surface area contributed by atoms with E-state index in [2.05, 4.69) is 6.92 Å². The topological polar surface area (TPSA) is 74.6 Å². The molecule has 0 saturated heterocycles. The highest BCUT2D eigenvalue weighted by molar-refractivity contribution is 7.86. The zero-order chi connectivity index (χ0) is 18.3. The fourth-order valence-corrected chi connectivity index (χ4v) is 3.44. The fraction of sp³-hybridized carbons (Fsp3) is 1.00. The largest absolute Gasteiger partial charge is 0.393 e. The van der Waals surface area contributed by atoms with E-state index < -0.39 is 15.4 Å². The molecule has 0 bridgehead atoms. The molecule has 0 aliphatic rings. The summed E-state index contributed by atoms with van der Waals surface area (Å²) in [6.07, 6.45) is 16.4. The lowest BCUT2D eigenvalue weighted by Gasteiger charge is -2.12. The van der Waals surface area contributed by atoms with Gasteiger partial charge in [-0.05, 0) is 32.6 Å². The lowest BCUT2D eigenvalue weighted by molar-refractivity contribution is 0.147. The first kappa shape index (κ1) is 23.9. The van der Waals surface area contributed by atoms with Crippen LogP contribution in [0.5, 0.6) is 0 Å². The zero-order valence-electron chi connectivity index (χ0n) is 15.9. The molecule has 0 aromatic rings. The first-order chi connectivity index (χ1) is 11.4. The third-order valence-corrected chi connectivity index (χ3v) is 6.05. The predicted octanol–water partition coefficient (Wildman–Crippen LogP) is 5.50. The monoisotopic (exact) mass is 364 g/mol. The standard InChI is InChI=1S/C19H40O4S/c1-3-4-5-6-7-8-9-10-11-12-13-16-19(20)17-14-15-18(2)24(21,22)23/h18-20H,3-17H2,1-2H3,(H,21,22,23). The van der Waals surface area contributed by atoms with Crippen molar-refractivity contribution < 1.29 is 18.1 Å². The van der Waals surface area contributed by atoms with Crippen LogP contribution < -0.4 is 0 Å². The summed E-state index contributed by atoms with van der Waals surface area (Å²) < 4.78 is 30.6. The van der Waals surface area contributed by atoms with Gasteiger partial charge in [0.1, 0.15) is 0 Å². The highest BCUT2D eigenvalue weighted by atomic mass is 32.2. The summed E-state index contributed by atoms with van der Waals surface area (Å²) in [6.45, 7) is 3.75. The van der Waals surface area contributed by atoms with Gasteiger partial charge in [0, 0.05) is 0 Å². The minimum atomic E-state index is -3.92. The van der Waals surface area contributed by atoms with Crippen LogP contribution in [0.3, 0.4) is 0 Å². The van der Waals surface area contributed by atoms with Crippen molar-refractivity contribution in [3.05, 3.63) is 0 Å². The normalized spacial score (nSPS) is 14.7. The lowest BCUT2D eigenvalue weighted by Crippen LogP contribution is -2.17. The zero-order valence-corrected chi connectivity index (χ0v) is 16.7. The molecular formula is C19H40O4S. The SMILES string of the molecule is CCCCCCCCCCCCCC(O)CCCC(C)S(=O)(=O)O. The summed E-state index contributed by atoms with van der Waals surface area (Å²) in [5.41, 5.74) is 0. The number of unbranched alkanes of at least 4 members (excludes halogenated alkanes) is 10. The van der Waals surface area contributed by atoms with Crippen LogP contribution in [0.15, 0.2) is 0 Å². The van der Waals surface area contributed by atoms with Crippen molar-refractivity contribution in [2.45, 2.75) is 122 Å². The number of hydrogen-bond acceptors (Lipinski definition) is 3. The maximum absolute atomic E-state index is 10.9. The second kappa shape index (κ2) is 15.2. The summed E-state index contributed by atoms with van der Waals surface area (Å²) in [5, 5.41) is 9.17. The van der Waals surface area contributed by atoms with E-state index in [-0.39, 0.29) is 6.10 Å². The molecule has 0 spiro atoms. The summed E-state index contributed by atoms with van der Waals surface area (Å²) in [5.74, 6) is 0. The van der Waals surface area contributed by atoms with Gasteiger partial charge in [-0.1, -0.05) is 77.6 Å². The first-order valence-corrected chi connectivity index (χ1v) is 11.5. The molecule has 0 aliphatic heterocycles. The molecule has 24 heavy (non-hydrogen) atoms. The van der Waals surface area contributed by atoms with Gasteiger partial charge < -0.3 is 5.11 Å². The molecule has 0 fully saturated rings. The fourth-order valence-electron chi connectivity index (χ4n) is 2.98. The van der Waals surface area contributed by atoms with Gasteiger partial charge in [0.25, 0.3) is 10.1 Å². The van der Waals surface area contributed by atoms with E-state index in [0.717, 1.165) is 12.8 Å². The van der Waals surface area contributed by atoms with Gasteiger partial charge in [0.05, 0.1) is 11.4 Å². The smallest absolute Gasteiger partial charge is 0.267 e. The Kier molecular flexibility index (Phi) is 15.1. The van der Waals surface area contributed by atoms with Gasteiger partial charge in [0.2, 0.25) is 0 Å². The maximum atomic E-state index is 10.9. The molecule has 2 N–H and O–H groups in total. The van der Waals surface area contributed by atoms with Gasteiger partial charge in [-0.2, -0.15) is 8.42 Å². The van der Waals surface area contributed by atoms with Crippen LogP contribution in [0.25, 0.3) is 0 Å². The molecule has 0 aromatic carbocycles. The van der Waals surface area contributed by atoms with Crippen LogP contribution in [-0.4, -0.2) is 29.4 Å². The molecule has 0 rings (SSSR count). The van der Waals surface area contributed by atoms with Gasteiger partial charge in [-0.3, -0.25) is 4.55 Å². The summed E-state index contributed by atoms with van der Waals surface area (Å²) in [6, 6.07) is 0. The van der Waals surface area contributed by atoms with Crippen LogP contribution in [0.2, 0.25) is 0 Å². The quantitative estimate of drug-likeness (QED) is 0.264. The Morgan fingerprint density at radius 2 is 1.12 bits per heavy atom. The highest BCUT2D eigenvalue weighted by Crippen LogP contribution is 2.15. The first-order valence-electron chi connectivity index (χ1n) is 10.0. The van der Waals surface area contributed by atoms with Crippen molar-refractivity contribution in [3.63, 3.8) is 0 Å². The summed E-state index contributed by atoms with van der Waals surface area (Å²) in [4.78, 5) is 0. The summed E-state index contributed by atoms with van der Waals surface area (Å²) in [7, 11) is -3.92. The molecule has 0 aromatic heterocycles. The van der Waals surface area contributed by atoms with Crippen LogP contribution in [0, 0.1) is 0 Å². The number of rotatable bonds is 17. The second-order valence-electron chi connectivity index (χ2n) is 7.23. The lowest BCUT2D eigenvalue weighted by atomic mass is 10.0. The molecule has 2 unspecified atom stereocenters. The van der Waals surface area contributed by atoms with Gasteiger partial charge >= 0.3 is 0 Å². The average Bonchev–Trinajstić information content (AvgIpc) is 2.51. The Morgan fingerprint density at radius 3 is 1.58 bits per heavy atom. The van der Waals surface area contributed by atoms with Crippen LogP contribution in [-0.2, 0) is 10.1 Å². The van der Waals surface area contributed by atoms with Crippen molar-refractivity contribution in [1.29, 1.82) is 0 Å². The van der Waals surface area contributed by atoms with E-state index in [4.69, 9.17) is 4.55 Å². The van der Waals surface area contributed by atoms with Crippen LogP contribution in [0.4, 0.5) is 0 Å². The molecule has 146 valence electrons.